The second-order valence-electron chi connectivity index (χ2n) is 4.43. The van der Waals surface area contributed by atoms with E-state index in [2.05, 4.69) is 12.1 Å². The lowest BCUT2D eigenvalue weighted by Crippen LogP contribution is -2.18. The maximum absolute atomic E-state index is 8.92. The molecular formula is C11H14N2. The molecule has 0 amide bonds. The summed E-state index contributed by atoms with van der Waals surface area (Å²) in [5.74, 6) is 2.42. The van der Waals surface area contributed by atoms with Crippen molar-refractivity contribution in [2.75, 3.05) is 0 Å². The van der Waals surface area contributed by atoms with E-state index in [-0.39, 0.29) is 0 Å². The van der Waals surface area contributed by atoms with Gasteiger partial charge in [-0.15, -0.1) is 0 Å². The van der Waals surface area contributed by atoms with Crippen molar-refractivity contribution < 1.29 is 0 Å². The maximum Gasteiger partial charge on any atom is 0.0658 e. The van der Waals surface area contributed by atoms with Crippen molar-refractivity contribution in [2.24, 2.45) is 23.7 Å². The third-order valence-electron chi connectivity index (χ3n) is 3.74. The first-order chi connectivity index (χ1) is 6.35. The first-order valence-corrected chi connectivity index (χ1v) is 5.11. The molecule has 0 N–H and O–H groups in total. The highest BCUT2D eigenvalue weighted by atomic mass is 14.5. The van der Waals surface area contributed by atoms with Crippen molar-refractivity contribution in [2.45, 2.75) is 32.1 Å². The van der Waals surface area contributed by atoms with Crippen LogP contribution < -0.4 is 0 Å². The van der Waals surface area contributed by atoms with E-state index in [0.29, 0.717) is 24.2 Å². The van der Waals surface area contributed by atoms with Gasteiger partial charge in [-0.2, -0.15) is 10.5 Å². The average Bonchev–Trinajstić information content (AvgIpc) is 2.72. The van der Waals surface area contributed by atoms with Crippen LogP contribution in [-0.4, -0.2) is 0 Å². The molecule has 0 aliphatic heterocycles. The fourth-order valence-electron chi connectivity index (χ4n) is 3.23. The quantitative estimate of drug-likeness (QED) is 0.645. The van der Waals surface area contributed by atoms with E-state index in [9.17, 15) is 0 Å². The molecule has 13 heavy (non-hydrogen) atoms. The minimum atomic E-state index is 0.308. The topological polar surface area (TPSA) is 47.6 Å². The minimum Gasteiger partial charge on any atom is -0.198 e. The smallest absolute Gasteiger partial charge is 0.0658 e. The summed E-state index contributed by atoms with van der Waals surface area (Å²) < 4.78 is 0. The van der Waals surface area contributed by atoms with Gasteiger partial charge in [0.05, 0.1) is 12.1 Å². The van der Waals surface area contributed by atoms with Gasteiger partial charge >= 0.3 is 0 Å². The van der Waals surface area contributed by atoms with Crippen LogP contribution >= 0.6 is 0 Å². The molecule has 2 saturated carbocycles. The molecule has 0 aromatic carbocycles. The molecule has 0 aromatic heterocycles. The molecule has 0 radical (unpaired) electrons. The van der Waals surface area contributed by atoms with E-state index in [0.717, 1.165) is 18.8 Å². The predicted molar refractivity (Wildman–Crippen MR) is 48.3 cm³/mol. The second-order valence-corrected chi connectivity index (χ2v) is 4.43. The Morgan fingerprint density at radius 2 is 2.00 bits per heavy atom. The fraction of sp³-hybridized carbons (Fsp3) is 0.818. The van der Waals surface area contributed by atoms with E-state index in [1.54, 1.807) is 0 Å². The van der Waals surface area contributed by atoms with Crippen molar-refractivity contribution in [1.82, 2.24) is 0 Å². The Labute approximate surface area is 79.2 Å². The zero-order chi connectivity index (χ0) is 9.26. The highest BCUT2D eigenvalue weighted by molar-refractivity contribution is 5.03. The average molecular weight is 174 g/mol. The Kier molecular flexibility index (Phi) is 2.23. The van der Waals surface area contributed by atoms with Gasteiger partial charge < -0.3 is 0 Å². The largest absolute Gasteiger partial charge is 0.198 e. The van der Waals surface area contributed by atoms with E-state index in [1.165, 1.54) is 12.8 Å². The minimum absolute atomic E-state index is 0.308. The zero-order valence-corrected chi connectivity index (χ0v) is 7.74. The van der Waals surface area contributed by atoms with Crippen molar-refractivity contribution >= 4 is 0 Å². The van der Waals surface area contributed by atoms with Crippen molar-refractivity contribution in [1.29, 1.82) is 10.5 Å². The SMILES string of the molecule is N#CCCC1C[C@@H]2CC(C#N)[C@H]1C2. The van der Waals surface area contributed by atoms with Crippen LogP contribution in [0.15, 0.2) is 0 Å². The van der Waals surface area contributed by atoms with Crippen LogP contribution in [0.4, 0.5) is 0 Å². The Balaban J connectivity index is 1.95. The fourth-order valence-corrected chi connectivity index (χ4v) is 3.23. The van der Waals surface area contributed by atoms with Crippen LogP contribution in [0.2, 0.25) is 0 Å². The molecule has 0 aromatic rings. The summed E-state index contributed by atoms with van der Waals surface area (Å²) in [6.45, 7) is 0. The summed E-state index contributed by atoms with van der Waals surface area (Å²) in [5.41, 5.74) is 0. The summed E-state index contributed by atoms with van der Waals surface area (Å²) in [7, 11) is 0. The molecule has 4 atom stereocenters. The van der Waals surface area contributed by atoms with Crippen molar-refractivity contribution in [3.8, 4) is 12.1 Å². The standard InChI is InChI=1S/C11H14N2/c12-3-1-2-9-4-8-5-10(7-13)11(9)6-8/h8-11H,1-2,4-6H2/t8-,9?,10?,11+/m1/s1. The van der Waals surface area contributed by atoms with Crippen LogP contribution in [0.1, 0.15) is 32.1 Å². The summed E-state index contributed by atoms with van der Waals surface area (Å²) in [6, 6.07) is 4.62. The number of hydrogen-bond acceptors (Lipinski definition) is 2. The van der Waals surface area contributed by atoms with Gasteiger partial charge in [-0.05, 0) is 43.4 Å². The maximum atomic E-state index is 8.92. The van der Waals surface area contributed by atoms with Gasteiger partial charge in [0.1, 0.15) is 0 Å². The molecule has 2 heteroatoms. The van der Waals surface area contributed by atoms with Crippen LogP contribution in [-0.2, 0) is 0 Å². The van der Waals surface area contributed by atoms with Gasteiger partial charge in [-0.25, -0.2) is 0 Å². The molecule has 2 aliphatic rings. The molecule has 2 nitrogen and oxygen atoms in total. The Bertz CT molecular complexity index is 271. The number of rotatable bonds is 2. The first-order valence-electron chi connectivity index (χ1n) is 5.11. The molecule has 2 fully saturated rings. The summed E-state index contributed by atoms with van der Waals surface area (Å²) in [5, 5.41) is 17.4. The lowest BCUT2D eigenvalue weighted by molar-refractivity contribution is 0.269. The normalized spacial score (nSPS) is 41.4. The molecule has 2 bridgehead atoms. The predicted octanol–water partition coefficient (Wildman–Crippen LogP) is 2.48. The van der Waals surface area contributed by atoms with E-state index >= 15 is 0 Å². The van der Waals surface area contributed by atoms with Gasteiger partial charge in [0.2, 0.25) is 0 Å². The van der Waals surface area contributed by atoms with Crippen molar-refractivity contribution in [3.63, 3.8) is 0 Å². The van der Waals surface area contributed by atoms with Crippen LogP contribution in [0.3, 0.4) is 0 Å². The van der Waals surface area contributed by atoms with Gasteiger partial charge in [0.15, 0.2) is 0 Å². The van der Waals surface area contributed by atoms with E-state index in [4.69, 9.17) is 10.5 Å². The van der Waals surface area contributed by atoms with Crippen molar-refractivity contribution in [3.05, 3.63) is 0 Å². The molecular weight excluding hydrogens is 160 g/mol. The van der Waals surface area contributed by atoms with Gasteiger partial charge in [0.25, 0.3) is 0 Å². The highest BCUT2D eigenvalue weighted by Crippen LogP contribution is 2.52. The lowest BCUT2D eigenvalue weighted by Gasteiger charge is -2.24. The van der Waals surface area contributed by atoms with Gasteiger partial charge in [-0.1, -0.05) is 0 Å². The summed E-state index contributed by atoms with van der Waals surface area (Å²) in [6.07, 6.45) is 5.37. The van der Waals surface area contributed by atoms with Crippen LogP contribution in [0.5, 0.6) is 0 Å². The number of hydrogen-bond donors (Lipinski definition) is 0. The third kappa shape index (κ3) is 1.42. The van der Waals surface area contributed by atoms with Crippen LogP contribution in [0, 0.1) is 46.3 Å². The molecule has 0 saturated heterocycles. The summed E-state index contributed by atoms with van der Waals surface area (Å²) >= 11 is 0. The number of fused-ring (bicyclic) bond motifs is 2. The summed E-state index contributed by atoms with van der Waals surface area (Å²) in [4.78, 5) is 0. The molecule has 2 rings (SSSR count). The van der Waals surface area contributed by atoms with E-state index in [1.807, 2.05) is 0 Å². The lowest BCUT2D eigenvalue weighted by atomic mass is 9.79. The van der Waals surface area contributed by atoms with Gasteiger partial charge in [-0.3, -0.25) is 0 Å². The number of nitrogens with zero attached hydrogens (tertiary/aromatic N) is 2. The molecule has 68 valence electrons. The Morgan fingerprint density at radius 1 is 1.15 bits per heavy atom. The van der Waals surface area contributed by atoms with E-state index < -0.39 is 0 Å². The van der Waals surface area contributed by atoms with Crippen LogP contribution in [0.25, 0.3) is 0 Å². The second kappa shape index (κ2) is 3.38. The third-order valence-corrected chi connectivity index (χ3v) is 3.74. The highest BCUT2D eigenvalue weighted by Gasteiger charge is 2.45. The first kappa shape index (κ1) is 8.57. The Morgan fingerprint density at radius 3 is 2.62 bits per heavy atom. The number of nitriles is 2. The molecule has 2 aliphatic carbocycles. The zero-order valence-electron chi connectivity index (χ0n) is 7.74. The molecule has 0 spiro atoms. The molecule has 2 unspecified atom stereocenters. The molecule has 0 heterocycles. The Hall–Kier alpha value is -1.02. The van der Waals surface area contributed by atoms with Gasteiger partial charge in [0, 0.05) is 12.3 Å². The monoisotopic (exact) mass is 174 g/mol.